The highest BCUT2D eigenvalue weighted by atomic mass is 32.2. The number of nitrogen functional groups attached to an aromatic ring is 1. The van der Waals surface area contributed by atoms with Crippen LogP contribution in [0, 0.1) is 20.8 Å². The highest BCUT2D eigenvalue weighted by Gasteiger charge is 2.26. The van der Waals surface area contributed by atoms with E-state index < -0.39 is 21.0 Å². The van der Waals surface area contributed by atoms with Crippen LogP contribution in [-0.2, 0) is 10.0 Å². The van der Waals surface area contributed by atoms with E-state index in [1.807, 2.05) is 37.6 Å². The second-order valence-corrected chi connectivity index (χ2v) is 10.4. The summed E-state index contributed by atoms with van der Waals surface area (Å²) < 4.78 is 45.1. The number of aryl methyl sites for hydroxylation is 3. The molecule has 0 radical (unpaired) electrons. The first kappa shape index (κ1) is 27.4. The number of nitrogens with zero attached hydrogens (tertiary/aromatic N) is 2. The molecule has 4 rings (SSSR count). The molecule has 202 valence electrons. The minimum Gasteiger partial charge on any atom is -0.496 e. The third kappa shape index (κ3) is 5.78. The van der Waals surface area contributed by atoms with E-state index in [-0.39, 0.29) is 17.3 Å². The van der Waals surface area contributed by atoms with Gasteiger partial charge in [-0.05, 0) is 68.3 Å². The maximum Gasteiger partial charge on any atom is 0.281 e. The Morgan fingerprint density at radius 2 is 1.49 bits per heavy atom. The van der Waals surface area contributed by atoms with E-state index in [1.54, 1.807) is 24.3 Å². The van der Waals surface area contributed by atoms with Crippen LogP contribution in [0.5, 0.6) is 23.1 Å². The van der Waals surface area contributed by atoms with Gasteiger partial charge in [-0.15, -0.1) is 0 Å². The lowest BCUT2D eigenvalue weighted by molar-refractivity contribution is 0.0978. The van der Waals surface area contributed by atoms with Crippen LogP contribution in [0.25, 0.3) is 11.3 Å². The largest absolute Gasteiger partial charge is 0.496 e. The van der Waals surface area contributed by atoms with Crippen molar-refractivity contribution in [3.05, 3.63) is 82.9 Å². The molecule has 0 spiro atoms. The summed E-state index contributed by atoms with van der Waals surface area (Å²) in [4.78, 5) is 21.8. The molecule has 0 saturated carbocycles. The highest BCUT2D eigenvalue weighted by molar-refractivity contribution is 7.90. The zero-order valence-corrected chi connectivity index (χ0v) is 22.9. The van der Waals surface area contributed by atoms with E-state index in [1.165, 1.54) is 38.5 Å². The Kier molecular flexibility index (Phi) is 7.73. The van der Waals surface area contributed by atoms with Gasteiger partial charge in [-0.25, -0.2) is 14.7 Å². The van der Waals surface area contributed by atoms with Gasteiger partial charge in [0.05, 0.1) is 25.5 Å². The lowest BCUT2D eigenvalue weighted by atomic mass is 10.1. The molecule has 3 N–H and O–H groups in total. The molecule has 2 heterocycles. The Hall–Kier alpha value is -4.64. The SMILES string of the molecule is COc1cccc(OC)c1-c1ccc(C(=O)NS(=O)(=O)c2cccc(N)n2)c(Oc2c(C)cc(C)cc2C)n1. The standard InChI is InChI=1S/C28H28N4O6S/c1-16-14-17(2)26(18(3)15-16)38-28-19(27(33)32-39(34,35)24-11-7-10-23(29)31-24)12-13-20(30-28)25-21(36-4)8-6-9-22(25)37-5/h6-15H,1-5H3,(H2,29,31)(H,32,33). The Morgan fingerprint density at radius 1 is 0.872 bits per heavy atom. The monoisotopic (exact) mass is 548 g/mol. The molecule has 0 bridgehead atoms. The maximum absolute atomic E-state index is 13.3. The van der Waals surface area contributed by atoms with Crippen molar-refractivity contribution in [3.8, 4) is 34.4 Å². The number of aromatic nitrogens is 2. The number of carbonyl (C=O) groups is 1. The lowest BCUT2D eigenvalue weighted by Crippen LogP contribution is -2.31. The normalized spacial score (nSPS) is 11.1. The number of hydrogen-bond acceptors (Lipinski definition) is 9. The number of hydrogen-bond donors (Lipinski definition) is 2. The fourth-order valence-corrected chi connectivity index (χ4v) is 5.11. The van der Waals surface area contributed by atoms with E-state index in [0.717, 1.165) is 16.7 Å². The van der Waals surface area contributed by atoms with Crippen molar-refractivity contribution in [3.63, 3.8) is 0 Å². The summed E-state index contributed by atoms with van der Waals surface area (Å²) in [6.45, 7) is 5.71. The quantitative estimate of drug-likeness (QED) is 0.323. The molecule has 0 saturated heterocycles. The average molecular weight is 549 g/mol. The second-order valence-electron chi connectivity index (χ2n) is 8.75. The summed E-state index contributed by atoms with van der Waals surface area (Å²) in [6.07, 6.45) is 0. The number of sulfonamides is 1. The molecule has 11 heteroatoms. The molecule has 0 atom stereocenters. The van der Waals surface area contributed by atoms with E-state index in [4.69, 9.17) is 19.9 Å². The molecule has 2 aromatic carbocycles. The summed E-state index contributed by atoms with van der Waals surface area (Å²) in [7, 11) is -1.30. The van der Waals surface area contributed by atoms with Crippen LogP contribution in [0.1, 0.15) is 27.0 Å². The third-order valence-electron chi connectivity index (χ3n) is 5.84. The van der Waals surface area contributed by atoms with Crippen molar-refractivity contribution in [1.82, 2.24) is 14.7 Å². The van der Waals surface area contributed by atoms with Crippen molar-refractivity contribution in [2.45, 2.75) is 25.8 Å². The number of carbonyl (C=O) groups excluding carboxylic acids is 1. The fraction of sp³-hybridized carbons (Fsp3) is 0.179. The van der Waals surface area contributed by atoms with Gasteiger partial charge in [-0.3, -0.25) is 4.79 Å². The zero-order valence-electron chi connectivity index (χ0n) is 22.1. The molecular formula is C28H28N4O6S. The number of nitrogens with two attached hydrogens (primary N) is 1. The van der Waals surface area contributed by atoms with Gasteiger partial charge in [0.15, 0.2) is 5.03 Å². The van der Waals surface area contributed by atoms with Crippen LogP contribution >= 0.6 is 0 Å². The molecule has 0 aliphatic rings. The average Bonchev–Trinajstić information content (AvgIpc) is 2.89. The molecule has 0 unspecified atom stereocenters. The van der Waals surface area contributed by atoms with Gasteiger partial charge in [0.2, 0.25) is 5.88 Å². The number of anilines is 1. The molecule has 4 aromatic rings. The number of nitrogens with one attached hydrogen (secondary N) is 1. The number of pyridine rings is 2. The first-order valence-electron chi connectivity index (χ1n) is 11.8. The Balaban J connectivity index is 1.84. The van der Waals surface area contributed by atoms with Crippen LogP contribution in [0.2, 0.25) is 0 Å². The summed E-state index contributed by atoms with van der Waals surface area (Å²) in [5.41, 5.74) is 9.11. The zero-order chi connectivity index (χ0) is 28.3. The van der Waals surface area contributed by atoms with Gasteiger partial charge < -0.3 is 19.9 Å². The van der Waals surface area contributed by atoms with Crippen molar-refractivity contribution in [2.24, 2.45) is 0 Å². The van der Waals surface area contributed by atoms with Gasteiger partial charge >= 0.3 is 0 Å². The summed E-state index contributed by atoms with van der Waals surface area (Å²) in [5, 5.41) is -0.396. The van der Waals surface area contributed by atoms with Crippen LogP contribution in [-0.4, -0.2) is 38.5 Å². The van der Waals surface area contributed by atoms with E-state index in [0.29, 0.717) is 28.5 Å². The van der Waals surface area contributed by atoms with Gasteiger partial charge in [0.25, 0.3) is 15.9 Å². The highest BCUT2D eigenvalue weighted by Crippen LogP contribution is 2.39. The number of ether oxygens (including phenoxy) is 3. The fourth-order valence-electron chi connectivity index (χ4n) is 4.17. The van der Waals surface area contributed by atoms with Crippen molar-refractivity contribution in [2.75, 3.05) is 20.0 Å². The molecule has 1 amide bonds. The Morgan fingerprint density at radius 3 is 2.08 bits per heavy atom. The summed E-state index contributed by atoms with van der Waals surface area (Å²) in [5.74, 6) is 0.403. The van der Waals surface area contributed by atoms with Crippen LogP contribution in [0.4, 0.5) is 5.82 Å². The minimum absolute atomic E-state index is 0.00329. The molecule has 0 fully saturated rings. The third-order valence-corrected chi connectivity index (χ3v) is 7.07. The Labute approximate surface area is 226 Å². The number of benzene rings is 2. The summed E-state index contributed by atoms with van der Waals surface area (Å²) >= 11 is 0. The number of amides is 1. The topological polar surface area (TPSA) is 143 Å². The van der Waals surface area contributed by atoms with Gasteiger partial charge in [0, 0.05) is 0 Å². The van der Waals surface area contributed by atoms with Gasteiger partial charge in [-0.1, -0.05) is 29.8 Å². The van der Waals surface area contributed by atoms with E-state index in [9.17, 15) is 13.2 Å². The second kappa shape index (κ2) is 11.0. The number of methoxy groups -OCH3 is 2. The van der Waals surface area contributed by atoms with E-state index in [2.05, 4.69) is 9.97 Å². The Bertz CT molecular complexity index is 1630. The van der Waals surface area contributed by atoms with Crippen LogP contribution in [0.15, 0.2) is 65.7 Å². The minimum atomic E-state index is -4.34. The van der Waals surface area contributed by atoms with Crippen molar-refractivity contribution >= 4 is 21.7 Å². The van der Waals surface area contributed by atoms with Crippen LogP contribution < -0.4 is 24.7 Å². The predicted octanol–water partition coefficient (Wildman–Crippen LogP) is 4.58. The first-order chi connectivity index (χ1) is 18.5. The first-order valence-corrected chi connectivity index (χ1v) is 13.3. The maximum atomic E-state index is 13.3. The smallest absolute Gasteiger partial charge is 0.281 e. The van der Waals surface area contributed by atoms with E-state index >= 15 is 0 Å². The molecule has 2 aromatic heterocycles. The van der Waals surface area contributed by atoms with Crippen molar-refractivity contribution in [1.29, 1.82) is 0 Å². The molecule has 0 aliphatic heterocycles. The van der Waals surface area contributed by atoms with Crippen molar-refractivity contribution < 1.29 is 27.4 Å². The molecular weight excluding hydrogens is 520 g/mol. The van der Waals surface area contributed by atoms with Gasteiger partial charge in [0.1, 0.15) is 28.6 Å². The molecule has 0 aliphatic carbocycles. The predicted molar refractivity (Wildman–Crippen MR) is 147 cm³/mol. The molecule has 39 heavy (non-hydrogen) atoms. The number of rotatable bonds is 8. The lowest BCUT2D eigenvalue weighted by Gasteiger charge is -2.17. The summed E-state index contributed by atoms with van der Waals surface area (Å²) in [6, 6.07) is 16.2. The van der Waals surface area contributed by atoms with Gasteiger partial charge in [-0.2, -0.15) is 8.42 Å². The van der Waals surface area contributed by atoms with Crippen LogP contribution in [0.3, 0.4) is 0 Å². The molecule has 10 nitrogen and oxygen atoms in total.